The summed E-state index contributed by atoms with van der Waals surface area (Å²) < 4.78 is 5.28. The summed E-state index contributed by atoms with van der Waals surface area (Å²) in [5, 5.41) is 1.07. The topological polar surface area (TPSA) is 30.2 Å². The maximum atomic E-state index is 11.3. The van der Waals surface area contributed by atoms with Crippen LogP contribution in [0.2, 0.25) is 0 Å². The van der Waals surface area contributed by atoms with Crippen LogP contribution in [0.15, 0.2) is 21.3 Å². The molecule has 1 aromatic carbocycles. The van der Waals surface area contributed by atoms with E-state index in [9.17, 15) is 4.79 Å². The van der Waals surface area contributed by atoms with Gasteiger partial charge in [0.1, 0.15) is 5.58 Å². The summed E-state index contributed by atoms with van der Waals surface area (Å²) in [4.78, 5) is 11.3. The van der Waals surface area contributed by atoms with Gasteiger partial charge in [-0.25, -0.2) is 4.79 Å². The van der Waals surface area contributed by atoms with Gasteiger partial charge in [0.25, 0.3) is 0 Å². The molecule has 0 atom stereocenters. The Kier molecular flexibility index (Phi) is 2.14. The van der Waals surface area contributed by atoms with Crippen LogP contribution in [0.3, 0.4) is 0 Å². The summed E-state index contributed by atoms with van der Waals surface area (Å²) in [5.74, 6) is 0. The molecule has 0 aliphatic heterocycles. The molecule has 78 valence electrons. The molecule has 15 heavy (non-hydrogen) atoms. The zero-order chi connectivity index (χ0) is 11.2. The van der Waals surface area contributed by atoms with E-state index in [-0.39, 0.29) is 5.63 Å². The van der Waals surface area contributed by atoms with Crippen molar-refractivity contribution in [3.8, 4) is 0 Å². The Morgan fingerprint density at radius 3 is 2.20 bits per heavy atom. The molecule has 2 rings (SSSR count). The number of fused-ring (bicyclic) bond motifs is 1. The Morgan fingerprint density at radius 1 is 0.933 bits per heavy atom. The molecule has 0 fully saturated rings. The number of benzene rings is 1. The summed E-state index contributed by atoms with van der Waals surface area (Å²) in [7, 11) is 0. The van der Waals surface area contributed by atoms with Gasteiger partial charge >= 0.3 is 5.63 Å². The van der Waals surface area contributed by atoms with E-state index < -0.39 is 0 Å². The Bertz CT molecular complexity index is 591. The molecule has 0 saturated carbocycles. The minimum Gasteiger partial charge on any atom is -0.422 e. The maximum absolute atomic E-state index is 11.3. The molecular formula is C13H14O2. The quantitative estimate of drug-likeness (QED) is 0.615. The molecule has 1 aromatic heterocycles. The molecule has 0 N–H and O–H groups in total. The van der Waals surface area contributed by atoms with E-state index in [2.05, 4.69) is 6.07 Å². The third-order valence-electron chi connectivity index (χ3n) is 2.92. The van der Waals surface area contributed by atoms with Crippen LogP contribution in [0.4, 0.5) is 0 Å². The summed E-state index contributed by atoms with van der Waals surface area (Å²) in [5.41, 5.74) is 4.83. The first-order valence-corrected chi connectivity index (χ1v) is 5.02. The lowest BCUT2D eigenvalue weighted by molar-refractivity contribution is 0.557. The van der Waals surface area contributed by atoms with Gasteiger partial charge in [-0.15, -0.1) is 0 Å². The first kappa shape index (κ1) is 9.97. The van der Waals surface area contributed by atoms with E-state index in [1.54, 1.807) is 6.07 Å². The molecule has 2 nitrogen and oxygen atoms in total. The number of hydrogen-bond acceptors (Lipinski definition) is 2. The molecular weight excluding hydrogens is 188 g/mol. The third-order valence-corrected chi connectivity index (χ3v) is 2.92. The lowest BCUT2D eigenvalue weighted by Gasteiger charge is -2.09. The average Bonchev–Trinajstić information content (AvgIpc) is 2.12. The third kappa shape index (κ3) is 1.46. The molecule has 0 aliphatic rings. The van der Waals surface area contributed by atoms with Crippen LogP contribution in [0, 0.1) is 27.7 Å². The zero-order valence-corrected chi connectivity index (χ0v) is 9.47. The van der Waals surface area contributed by atoms with Gasteiger partial charge in [0.2, 0.25) is 0 Å². The molecule has 0 radical (unpaired) electrons. The van der Waals surface area contributed by atoms with Crippen molar-refractivity contribution in [1.82, 2.24) is 0 Å². The monoisotopic (exact) mass is 202 g/mol. The van der Waals surface area contributed by atoms with E-state index in [0.29, 0.717) is 0 Å². The van der Waals surface area contributed by atoms with E-state index in [1.807, 2.05) is 27.7 Å². The molecule has 0 amide bonds. The fourth-order valence-electron chi connectivity index (χ4n) is 2.05. The number of hydrogen-bond donors (Lipinski definition) is 0. The standard InChI is InChI=1S/C13H14O2/c1-7-5-8(2)12-9(3)6-11(14)15-13(12)10(7)4/h5-6H,1-4H3. The van der Waals surface area contributed by atoms with Crippen molar-refractivity contribution in [2.75, 3.05) is 0 Å². The summed E-state index contributed by atoms with van der Waals surface area (Å²) in [6.45, 7) is 8.01. The maximum Gasteiger partial charge on any atom is 0.336 e. The fraction of sp³-hybridized carbons (Fsp3) is 0.308. The molecule has 2 aromatic rings. The van der Waals surface area contributed by atoms with Gasteiger partial charge in [-0.3, -0.25) is 0 Å². The highest BCUT2D eigenvalue weighted by molar-refractivity contribution is 5.86. The smallest absolute Gasteiger partial charge is 0.336 e. The first-order valence-electron chi connectivity index (χ1n) is 5.02. The highest BCUT2D eigenvalue weighted by atomic mass is 16.4. The van der Waals surface area contributed by atoms with Crippen molar-refractivity contribution in [3.05, 3.63) is 44.8 Å². The minimum absolute atomic E-state index is 0.270. The Morgan fingerprint density at radius 2 is 1.53 bits per heavy atom. The molecule has 2 heteroatoms. The van der Waals surface area contributed by atoms with Crippen molar-refractivity contribution in [2.24, 2.45) is 0 Å². The van der Waals surface area contributed by atoms with Gasteiger partial charge in [0, 0.05) is 11.5 Å². The Hall–Kier alpha value is -1.57. The van der Waals surface area contributed by atoms with E-state index in [1.165, 1.54) is 0 Å². The molecule has 0 unspecified atom stereocenters. The van der Waals surface area contributed by atoms with Crippen LogP contribution in [0.25, 0.3) is 11.0 Å². The van der Waals surface area contributed by atoms with Crippen LogP contribution in [-0.2, 0) is 0 Å². The number of rotatable bonds is 0. The molecule has 0 bridgehead atoms. The van der Waals surface area contributed by atoms with Crippen LogP contribution in [0.5, 0.6) is 0 Å². The van der Waals surface area contributed by atoms with Gasteiger partial charge in [0.05, 0.1) is 0 Å². The molecule has 1 heterocycles. The second kappa shape index (κ2) is 3.23. The van der Waals surface area contributed by atoms with E-state index in [0.717, 1.165) is 33.2 Å². The van der Waals surface area contributed by atoms with Crippen molar-refractivity contribution in [3.63, 3.8) is 0 Å². The van der Waals surface area contributed by atoms with Gasteiger partial charge in [-0.2, -0.15) is 0 Å². The summed E-state index contributed by atoms with van der Waals surface area (Å²) in [6.07, 6.45) is 0. The lowest BCUT2D eigenvalue weighted by Crippen LogP contribution is -2.01. The van der Waals surface area contributed by atoms with Crippen molar-refractivity contribution in [2.45, 2.75) is 27.7 Å². The predicted octanol–water partition coefficient (Wildman–Crippen LogP) is 3.03. The fourth-order valence-corrected chi connectivity index (χ4v) is 2.05. The Labute approximate surface area is 88.5 Å². The molecule has 0 saturated heterocycles. The van der Waals surface area contributed by atoms with Gasteiger partial charge < -0.3 is 4.42 Å². The van der Waals surface area contributed by atoms with Gasteiger partial charge in [0.15, 0.2) is 0 Å². The largest absolute Gasteiger partial charge is 0.422 e. The predicted molar refractivity (Wildman–Crippen MR) is 61.4 cm³/mol. The second-order valence-corrected chi connectivity index (χ2v) is 4.09. The first-order chi connectivity index (χ1) is 7.00. The minimum atomic E-state index is -0.270. The highest BCUT2D eigenvalue weighted by Gasteiger charge is 2.09. The van der Waals surface area contributed by atoms with E-state index in [4.69, 9.17) is 4.42 Å². The van der Waals surface area contributed by atoms with Gasteiger partial charge in [-0.05, 0) is 49.9 Å². The van der Waals surface area contributed by atoms with Crippen LogP contribution in [0.1, 0.15) is 22.3 Å². The number of aryl methyl sites for hydroxylation is 4. The SMILES string of the molecule is Cc1cc(C)c2c(C)cc(=O)oc2c1C. The van der Waals surface area contributed by atoms with Crippen LogP contribution >= 0.6 is 0 Å². The van der Waals surface area contributed by atoms with Crippen molar-refractivity contribution >= 4 is 11.0 Å². The molecule has 0 aliphatic carbocycles. The molecule has 0 spiro atoms. The highest BCUT2D eigenvalue weighted by Crippen LogP contribution is 2.26. The van der Waals surface area contributed by atoms with Gasteiger partial charge in [-0.1, -0.05) is 6.07 Å². The Balaban J connectivity index is 3.09. The van der Waals surface area contributed by atoms with Crippen molar-refractivity contribution < 1.29 is 4.42 Å². The summed E-state index contributed by atoms with van der Waals surface area (Å²) in [6, 6.07) is 3.68. The normalized spacial score (nSPS) is 10.9. The second-order valence-electron chi connectivity index (χ2n) is 4.09. The van der Waals surface area contributed by atoms with Crippen molar-refractivity contribution in [1.29, 1.82) is 0 Å². The summed E-state index contributed by atoms with van der Waals surface area (Å²) >= 11 is 0. The average molecular weight is 202 g/mol. The van der Waals surface area contributed by atoms with Crippen LogP contribution < -0.4 is 5.63 Å². The van der Waals surface area contributed by atoms with E-state index >= 15 is 0 Å². The lowest BCUT2D eigenvalue weighted by atomic mass is 9.99. The zero-order valence-electron chi connectivity index (χ0n) is 9.47. The van der Waals surface area contributed by atoms with Crippen LogP contribution in [-0.4, -0.2) is 0 Å².